The normalized spacial score (nSPS) is 12.1. The van der Waals surface area contributed by atoms with Gasteiger partial charge in [-0.3, -0.25) is 0 Å². The quantitative estimate of drug-likeness (QED) is 0.836. The fraction of sp³-hybridized carbons (Fsp3) is 0.385. The first-order valence-corrected chi connectivity index (χ1v) is 7.02. The van der Waals surface area contributed by atoms with Crippen molar-refractivity contribution in [2.75, 3.05) is 17.7 Å². The third-order valence-electron chi connectivity index (χ3n) is 2.67. The molecule has 2 heterocycles. The Balaban J connectivity index is 2.13. The summed E-state index contributed by atoms with van der Waals surface area (Å²) >= 11 is 1.78. The summed E-state index contributed by atoms with van der Waals surface area (Å²) in [6, 6.07) is 6.48. The highest BCUT2D eigenvalue weighted by Gasteiger charge is 2.12. The lowest BCUT2D eigenvalue weighted by Crippen LogP contribution is -2.11. The minimum atomic E-state index is 0.328. The molecule has 0 saturated carbocycles. The molecular weight excluding hydrogens is 244 g/mol. The van der Waals surface area contributed by atoms with E-state index >= 15 is 0 Å². The number of nitrogens with zero attached hydrogens (tertiary/aromatic N) is 2. The van der Waals surface area contributed by atoms with Crippen molar-refractivity contribution in [1.29, 1.82) is 0 Å². The predicted octanol–water partition coefficient (Wildman–Crippen LogP) is 3.53. The SMILES string of the molecule is CCCC(Nc1ccnc(NC)n1)c1cccs1. The van der Waals surface area contributed by atoms with Gasteiger partial charge >= 0.3 is 0 Å². The molecule has 1 unspecified atom stereocenters. The van der Waals surface area contributed by atoms with Gasteiger partial charge in [-0.2, -0.15) is 4.98 Å². The molecule has 18 heavy (non-hydrogen) atoms. The molecular formula is C13H18N4S. The van der Waals surface area contributed by atoms with E-state index in [9.17, 15) is 0 Å². The molecule has 2 N–H and O–H groups in total. The molecule has 0 aliphatic carbocycles. The van der Waals surface area contributed by atoms with Crippen LogP contribution in [0.15, 0.2) is 29.8 Å². The zero-order chi connectivity index (χ0) is 12.8. The maximum absolute atomic E-state index is 4.39. The highest BCUT2D eigenvalue weighted by atomic mass is 32.1. The van der Waals surface area contributed by atoms with Crippen molar-refractivity contribution in [3.8, 4) is 0 Å². The van der Waals surface area contributed by atoms with E-state index in [0.29, 0.717) is 12.0 Å². The van der Waals surface area contributed by atoms with E-state index in [4.69, 9.17) is 0 Å². The second-order valence-electron chi connectivity index (χ2n) is 4.02. The van der Waals surface area contributed by atoms with Crippen LogP contribution >= 0.6 is 11.3 Å². The molecule has 0 fully saturated rings. The summed E-state index contributed by atoms with van der Waals surface area (Å²) in [5, 5.41) is 8.53. The van der Waals surface area contributed by atoms with Gasteiger partial charge in [0.2, 0.25) is 5.95 Å². The van der Waals surface area contributed by atoms with Crippen LogP contribution in [0.1, 0.15) is 30.7 Å². The van der Waals surface area contributed by atoms with E-state index in [1.54, 1.807) is 17.5 Å². The number of anilines is 2. The monoisotopic (exact) mass is 262 g/mol. The second-order valence-corrected chi connectivity index (χ2v) is 5.00. The van der Waals surface area contributed by atoms with Crippen LogP contribution in [0.3, 0.4) is 0 Å². The largest absolute Gasteiger partial charge is 0.362 e. The van der Waals surface area contributed by atoms with Crippen LogP contribution in [0.4, 0.5) is 11.8 Å². The Bertz CT molecular complexity index is 470. The summed E-state index contributed by atoms with van der Waals surface area (Å²) in [4.78, 5) is 9.86. The van der Waals surface area contributed by atoms with Crippen LogP contribution in [0.5, 0.6) is 0 Å². The smallest absolute Gasteiger partial charge is 0.224 e. The van der Waals surface area contributed by atoms with Crippen molar-refractivity contribution < 1.29 is 0 Å². The van der Waals surface area contributed by atoms with E-state index < -0.39 is 0 Å². The highest BCUT2D eigenvalue weighted by Crippen LogP contribution is 2.26. The first-order chi connectivity index (χ1) is 8.83. The molecule has 2 rings (SSSR count). The Labute approximate surface area is 111 Å². The van der Waals surface area contributed by atoms with Gasteiger partial charge in [-0.25, -0.2) is 4.98 Å². The lowest BCUT2D eigenvalue weighted by Gasteiger charge is -2.17. The number of hydrogen-bond donors (Lipinski definition) is 2. The fourth-order valence-electron chi connectivity index (χ4n) is 1.80. The zero-order valence-corrected chi connectivity index (χ0v) is 11.5. The van der Waals surface area contributed by atoms with Crippen molar-refractivity contribution in [2.45, 2.75) is 25.8 Å². The first-order valence-electron chi connectivity index (χ1n) is 6.14. The lowest BCUT2D eigenvalue weighted by atomic mass is 10.1. The van der Waals surface area contributed by atoms with Crippen LogP contribution in [0, 0.1) is 0 Å². The van der Waals surface area contributed by atoms with Crippen LogP contribution in [0.25, 0.3) is 0 Å². The van der Waals surface area contributed by atoms with Crippen molar-refractivity contribution >= 4 is 23.1 Å². The maximum atomic E-state index is 4.39. The van der Waals surface area contributed by atoms with Gasteiger partial charge in [0.05, 0.1) is 6.04 Å². The Kier molecular flexibility index (Phi) is 4.52. The molecule has 0 radical (unpaired) electrons. The number of thiophene rings is 1. The highest BCUT2D eigenvalue weighted by molar-refractivity contribution is 7.10. The number of hydrogen-bond acceptors (Lipinski definition) is 5. The van der Waals surface area contributed by atoms with Gasteiger partial charge in [-0.15, -0.1) is 11.3 Å². The van der Waals surface area contributed by atoms with Crippen molar-refractivity contribution in [2.24, 2.45) is 0 Å². The van der Waals surface area contributed by atoms with E-state index in [1.165, 1.54) is 4.88 Å². The lowest BCUT2D eigenvalue weighted by molar-refractivity contribution is 0.684. The van der Waals surface area contributed by atoms with Gasteiger partial charge in [0, 0.05) is 18.1 Å². The van der Waals surface area contributed by atoms with E-state index in [0.717, 1.165) is 18.7 Å². The molecule has 4 nitrogen and oxygen atoms in total. The van der Waals surface area contributed by atoms with Crippen molar-refractivity contribution in [1.82, 2.24) is 9.97 Å². The van der Waals surface area contributed by atoms with Crippen molar-refractivity contribution in [3.63, 3.8) is 0 Å². The van der Waals surface area contributed by atoms with Crippen LogP contribution in [-0.2, 0) is 0 Å². The summed E-state index contributed by atoms with van der Waals surface area (Å²) in [5.74, 6) is 1.50. The minimum absolute atomic E-state index is 0.328. The summed E-state index contributed by atoms with van der Waals surface area (Å²) < 4.78 is 0. The third kappa shape index (κ3) is 3.20. The van der Waals surface area contributed by atoms with E-state index in [-0.39, 0.29) is 0 Å². The number of nitrogens with one attached hydrogen (secondary N) is 2. The van der Waals surface area contributed by atoms with Crippen LogP contribution in [0.2, 0.25) is 0 Å². The minimum Gasteiger partial charge on any atom is -0.362 e. The topological polar surface area (TPSA) is 49.8 Å². The molecule has 0 saturated heterocycles. The molecule has 0 aliphatic rings. The van der Waals surface area contributed by atoms with Gasteiger partial charge in [0.15, 0.2) is 0 Å². The molecule has 0 spiro atoms. The molecule has 0 amide bonds. The van der Waals surface area contributed by atoms with E-state index in [1.807, 2.05) is 13.1 Å². The molecule has 2 aromatic heterocycles. The van der Waals surface area contributed by atoms with Crippen LogP contribution in [-0.4, -0.2) is 17.0 Å². The molecule has 96 valence electrons. The maximum Gasteiger partial charge on any atom is 0.224 e. The number of aromatic nitrogens is 2. The average molecular weight is 262 g/mol. The molecule has 2 aromatic rings. The van der Waals surface area contributed by atoms with Crippen LogP contribution < -0.4 is 10.6 Å². The standard InChI is InChI=1S/C13H18N4S/c1-3-5-10(11-6-4-9-18-11)16-12-7-8-15-13(14-2)17-12/h4,6-10H,3,5H2,1-2H3,(H2,14,15,16,17). The van der Waals surface area contributed by atoms with E-state index in [2.05, 4.69) is 45.0 Å². The van der Waals surface area contributed by atoms with Gasteiger partial charge in [0.1, 0.15) is 5.82 Å². The third-order valence-corrected chi connectivity index (χ3v) is 3.65. The second kappa shape index (κ2) is 6.35. The Morgan fingerprint density at radius 1 is 1.39 bits per heavy atom. The Morgan fingerprint density at radius 2 is 2.28 bits per heavy atom. The molecule has 5 heteroatoms. The number of rotatable bonds is 6. The summed E-state index contributed by atoms with van der Waals surface area (Å²) in [5.41, 5.74) is 0. The van der Waals surface area contributed by atoms with Gasteiger partial charge in [-0.1, -0.05) is 19.4 Å². The molecule has 0 aliphatic heterocycles. The Morgan fingerprint density at radius 3 is 2.94 bits per heavy atom. The average Bonchev–Trinajstić information content (AvgIpc) is 2.92. The fourth-order valence-corrected chi connectivity index (χ4v) is 2.61. The molecule has 1 atom stereocenters. The first kappa shape index (κ1) is 12.8. The Hall–Kier alpha value is -1.62. The molecule has 0 aromatic carbocycles. The van der Waals surface area contributed by atoms with Gasteiger partial charge in [-0.05, 0) is 23.9 Å². The van der Waals surface area contributed by atoms with Gasteiger partial charge in [0.25, 0.3) is 0 Å². The zero-order valence-electron chi connectivity index (χ0n) is 10.7. The van der Waals surface area contributed by atoms with Gasteiger partial charge < -0.3 is 10.6 Å². The summed E-state index contributed by atoms with van der Waals surface area (Å²) in [7, 11) is 1.82. The summed E-state index contributed by atoms with van der Waals surface area (Å²) in [6.07, 6.45) is 4.00. The predicted molar refractivity (Wildman–Crippen MR) is 77.2 cm³/mol. The molecule has 0 bridgehead atoms. The van der Waals surface area contributed by atoms with Crippen molar-refractivity contribution in [3.05, 3.63) is 34.7 Å². The summed E-state index contributed by atoms with van der Waals surface area (Å²) in [6.45, 7) is 2.20.